The van der Waals surface area contributed by atoms with Crippen LogP contribution in [0.5, 0.6) is 0 Å². The summed E-state index contributed by atoms with van der Waals surface area (Å²) >= 11 is 0. The highest BCUT2D eigenvalue weighted by molar-refractivity contribution is 5.05. The predicted octanol–water partition coefficient (Wildman–Crippen LogP) is -0.704. The highest BCUT2D eigenvalue weighted by atomic mass is 14.6. The Morgan fingerprint density at radius 3 is 2.43 bits per heavy atom. The Kier molecular flexibility index (Phi) is 3.39. The first-order valence-electron chi connectivity index (χ1n) is 2.21. The Balaban J connectivity index is 3.24. The van der Waals surface area contributed by atoms with Gasteiger partial charge in [-0.25, -0.2) is 0 Å². The topological polar surface area (TPSA) is 52.0 Å². The molecule has 2 heteroatoms. The van der Waals surface area contributed by atoms with Crippen LogP contribution in [0.2, 0.25) is 0 Å². The van der Waals surface area contributed by atoms with Crippen LogP contribution in [-0.4, -0.2) is 12.6 Å². The lowest BCUT2D eigenvalue weighted by molar-refractivity contribution is 0.957. The molecule has 0 aromatic heterocycles. The fraction of sp³-hybridized carbons (Fsp3) is 0.600. The Hall–Kier alpha value is -0.520. The average molecular weight is 98.1 g/mol. The molecule has 0 aromatic rings. The summed E-state index contributed by atoms with van der Waals surface area (Å²) in [6.45, 7) is 2.23. The summed E-state index contributed by atoms with van der Waals surface area (Å²) in [6.07, 6.45) is 0. The Morgan fingerprint density at radius 1 is 1.71 bits per heavy atom. The van der Waals surface area contributed by atoms with Crippen molar-refractivity contribution in [3.8, 4) is 11.8 Å². The van der Waals surface area contributed by atoms with Crippen LogP contribution < -0.4 is 11.5 Å². The van der Waals surface area contributed by atoms with Gasteiger partial charge in [0, 0.05) is 0 Å². The van der Waals surface area contributed by atoms with Crippen LogP contribution in [0.25, 0.3) is 0 Å². The third-order valence-electron chi connectivity index (χ3n) is 0.432. The maximum Gasteiger partial charge on any atom is 0.0636 e. The molecule has 0 heterocycles. The second-order valence-electron chi connectivity index (χ2n) is 1.31. The monoisotopic (exact) mass is 98.1 g/mol. The predicted molar refractivity (Wildman–Crippen MR) is 30.5 cm³/mol. The Bertz CT molecular complexity index is 86.0. The molecule has 0 saturated heterocycles. The van der Waals surface area contributed by atoms with Gasteiger partial charge in [-0.1, -0.05) is 11.8 Å². The van der Waals surface area contributed by atoms with Gasteiger partial charge in [0.05, 0.1) is 12.6 Å². The van der Waals surface area contributed by atoms with E-state index in [1.807, 2.05) is 6.92 Å². The molecule has 1 unspecified atom stereocenters. The maximum atomic E-state index is 5.25. The molecule has 0 fully saturated rings. The van der Waals surface area contributed by atoms with Crippen LogP contribution in [0, 0.1) is 11.8 Å². The van der Waals surface area contributed by atoms with E-state index in [0.29, 0.717) is 6.54 Å². The van der Waals surface area contributed by atoms with Crippen molar-refractivity contribution in [2.45, 2.75) is 13.0 Å². The van der Waals surface area contributed by atoms with E-state index in [4.69, 9.17) is 11.5 Å². The van der Waals surface area contributed by atoms with Crippen LogP contribution in [-0.2, 0) is 0 Å². The molecule has 0 saturated carbocycles. The zero-order valence-corrected chi connectivity index (χ0v) is 4.44. The minimum Gasteiger partial charge on any atom is -0.320 e. The van der Waals surface area contributed by atoms with Gasteiger partial charge in [0.15, 0.2) is 0 Å². The van der Waals surface area contributed by atoms with Crippen LogP contribution in [0.15, 0.2) is 0 Å². The van der Waals surface area contributed by atoms with Crippen molar-refractivity contribution in [3.05, 3.63) is 0 Å². The first kappa shape index (κ1) is 6.48. The van der Waals surface area contributed by atoms with E-state index >= 15 is 0 Å². The summed E-state index contributed by atoms with van der Waals surface area (Å²) in [4.78, 5) is 0. The molecule has 1 atom stereocenters. The van der Waals surface area contributed by atoms with Gasteiger partial charge in [-0.2, -0.15) is 0 Å². The van der Waals surface area contributed by atoms with Crippen molar-refractivity contribution >= 4 is 0 Å². The van der Waals surface area contributed by atoms with Gasteiger partial charge >= 0.3 is 0 Å². The second kappa shape index (κ2) is 3.66. The van der Waals surface area contributed by atoms with Crippen molar-refractivity contribution in [1.29, 1.82) is 0 Å². The molecule has 0 rings (SSSR count). The maximum absolute atomic E-state index is 5.25. The van der Waals surface area contributed by atoms with Gasteiger partial charge in [0.25, 0.3) is 0 Å². The summed E-state index contributed by atoms with van der Waals surface area (Å²) in [5.41, 5.74) is 10.3. The third-order valence-corrected chi connectivity index (χ3v) is 0.432. The minimum atomic E-state index is -0.0384. The number of rotatable bonds is 0. The molecule has 0 bridgehead atoms. The number of hydrogen-bond donors (Lipinski definition) is 2. The van der Waals surface area contributed by atoms with Crippen molar-refractivity contribution in [1.82, 2.24) is 0 Å². The first-order valence-corrected chi connectivity index (χ1v) is 2.21. The molecule has 0 aromatic carbocycles. The molecule has 4 N–H and O–H groups in total. The summed E-state index contributed by atoms with van der Waals surface area (Å²) in [5, 5.41) is 0. The quantitative estimate of drug-likeness (QED) is 0.393. The van der Waals surface area contributed by atoms with Crippen molar-refractivity contribution in [2.75, 3.05) is 6.54 Å². The van der Waals surface area contributed by atoms with E-state index in [0.717, 1.165) is 0 Å². The highest BCUT2D eigenvalue weighted by Crippen LogP contribution is 1.63. The van der Waals surface area contributed by atoms with Crippen LogP contribution in [0.3, 0.4) is 0 Å². The fourth-order valence-corrected chi connectivity index (χ4v) is 0.220. The zero-order valence-electron chi connectivity index (χ0n) is 4.44. The molecule has 40 valence electrons. The summed E-state index contributed by atoms with van der Waals surface area (Å²) in [6, 6.07) is -0.0384. The molecule has 0 spiro atoms. The van der Waals surface area contributed by atoms with E-state index in [2.05, 4.69) is 11.8 Å². The lowest BCUT2D eigenvalue weighted by Crippen LogP contribution is -2.11. The fourth-order valence-electron chi connectivity index (χ4n) is 0.220. The van der Waals surface area contributed by atoms with E-state index in [1.54, 1.807) is 0 Å². The zero-order chi connectivity index (χ0) is 5.70. The van der Waals surface area contributed by atoms with E-state index in [-0.39, 0.29) is 6.04 Å². The van der Waals surface area contributed by atoms with E-state index in [9.17, 15) is 0 Å². The SMILES string of the molecule is CC(N)C#CCN. The summed E-state index contributed by atoms with van der Waals surface area (Å²) in [7, 11) is 0. The second-order valence-corrected chi connectivity index (χ2v) is 1.31. The standard InChI is InChI=1S/C5H10N2/c1-5(7)3-2-4-6/h5H,4,6-7H2,1H3. The van der Waals surface area contributed by atoms with Gasteiger partial charge < -0.3 is 11.5 Å². The normalized spacial score (nSPS) is 11.9. The van der Waals surface area contributed by atoms with Crippen molar-refractivity contribution in [3.63, 3.8) is 0 Å². The smallest absolute Gasteiger partial charge is 0.0636 e. The Labute approximate surface area is 43.9 Å². The van der Waals surface area contributed by atoms with Crippen LogP contribution >= 0.6 is 0 Å². The van der Waals surface area contributed by atoms with Crippen molar-refractivity contribution < 1.29 is 0 Å². The lowest BCUT2D eigenvalue weighted by atomic mass is 10.4. The molecule has 0 aliphatic heterocycles. The average Bonchev–Trinajstić information content (AvgIpc) is 1.61. The van der Waals surface area contributed by atoms with Gasteiger partial charge in [0.2, 0.25) is 0 Å². The third kappa shape index (κ3) is 5.48. The van der Waals surface area contributed by atoms with Crippen molar-refractivity contribution in [2.24, 2.45) is 11.5 Å². The molecular formula is C5H10N2. The lowest BCUT2D eigenvalue weighted by Gasteiger charge is -1.85. The molecule has 0 aliphatic carbocycles. The Morgan fingerprint density at radius 2 is 2.29 bits per heavy atom. The molecular weight excluding hydrogens is 88.1 g/mol. The van der Waals surface area contributed by atoms with Gasteiger partial charge in [-0.15, -0.1) is 0 Å². The van der Waals surface area contributed by atoms with E-state index < -0.39 is 0 Å². The number of hydrogen-bond acceptors (Lipinski definition) is 2. The van der Waals surface area contributed by atoms with Crippen LogP contribution in [0.1, 0.15) is 6.92 Å². The molecule has 0 radical (unpaired) electrons. The molecule has 0 aliphatic rings. The summed E-state index contributed by atoms with van der Waals surface area (Å²) < 4.78 is 0. The van der Waals surface area contributed by atoms with Gasteiger partial charge in [0.1, 0.15) is 0 Å². The minimum absolute atomic E-state index is 0.0384. The number of nitrogens with two attached hydrogens (primary N) is 2. The largest absolute Gasteiger partial charge is 0.320 e. The first-order chi connectivity index (χ1) is 3.27. The molecule has 7 heavy (non-hydrogen) atoms. The molecule has 2 nitrogen and oxygen atoms in total. The molecule has 0 amide bonds. The van der Waals surface area contributed by atoms with Crippen LogP contribution in [0.4, 0.5) is 0 Å². The van der Waals surface area contributed by atoms with Gasteiger partial charge in [-0.3, -0.25) is 0 Å². The summed E-state index contributed by atoms with van der Waals surface area (Å²) in [5.74, 6) is 5.35. The van der Waals surface area contributed by atoms with Gasteiger partial charge in [-0.05, 0) is 6.92 Å². The van der Waals surface area contributed by atoms with E-state index in [1.165, 1.54) is 0 Å². The highest BCUT2D eigenvalue weighted by Gasteiger charge is 1.76.